The number of carbonyl (C=O) groups is 1. The zero-order valence-electron chi connectivity index (χ0n) is 27.8. The predicted molar refractivity (Wildman–Crippen MR) is 181 cm³/mol. The van der Waals surface area contributed by atoms with Gasteiger partial charge in [-0.15, -0.1) is 5.10 Å². The molecule has 2 N–H and O–H groups in total. The Morgan fingerprint density at radius 1 is 1.10 bits per heavy atom. The third kappa shape index (κ3) is 6.82. The van der Waals surface area contributed by atoms with E-state index in [1.54, 1.807) is 47.3 Å². The number of amides is 1. The maximum atomic E-state index is 15.1. The number of benzene rings is 1. The minimum atomic E-state index is -1.03. The molecule has 2 aliphatic rings. The topological polar surface area (TPSA) is 159 Å². The maximum Gasteiger partial charge on any atom is 0.410 e. The number of aromatic nitrogens is 5. The molecular formula is C32H37F2N9O6S. The van der Waals surface area contributed by atoms with Crippen LogP contribution in [-0.2, 0) is 16.0 Å². The van der Waals surface area contributed by atoms with Crippen LogP contribution in [0.1, 0.15) is 20.8 Å². The first kappa shape index (κ1) is 33.7. The van der Waals surface area contributed by atoms with Crippen LogP contribution in [0.4, 0.5) is 25.2 Å². The summed E-state index contributed by atoms with van der Waals surface area (Å²) in [5.74, 6) is -0.960. The molecular weight excluding hydrogens is 676 g/mol. The number of carbonyl (C=O) groups excluding carboxylic acids is 1. The average Bonchev–Trinajstić information content (AvgIpc) is 3.84. The molecule has 266 valence electrons. The van der Waals surface area contributed by atoms with Crippen molar-refractivity contribution in [3.63, 3.8) is 0 Å². The zero-order valence-corrected chi connectivity index (χ0v) is 28.6. The smallest absolute Gasteiger partial charge is 0.410 e. The first-order valence-corrected chi connectivity index (χ1v) is 17.0. The van der Waals surface area contributed by atoms with Gasteiger partial charge in [0.1, 0.15) is 22.7 Å². The van der Waals surface area contributed by atoms with Crippen molar-refractivity contribution >= 4 is 45.1 Å². The Kier molecular flexibility index (Phi) is 9.08. The molecule has 1 aromatic carbocycles. The molecule has 1 atom stereocenters. The Hall–Kier alpha value is -4.81. The second kappa shape index (κ2) is 13.5. The molecule has 5 aromatic rings. The van der Waals surface area contributed by atoms with Crippen molar-refractivity contribution in [1.82, 2.24) is 33.9 Å². The highest BCUT2D eigenvalue weighted by atomic mass is 32.1. The van der Waals surface area contributed by atoms with E-state index in [2.05, 4.69) is 20.0 Å². The molecule has 1 amide bonds. The molecule has 0 saturated carbocycles. The number of thiazole rings is 1. The highest BCUT2D eigenvalue weighted by molar-refractivity contribution is 7.17. The predicted octanol–water partition coefficient (Wildman–Crippen LogP) is 3.46. The van der Waals surface area contributed by atoms with Crippen LogP contribution in [0.5, 0.6) is 5.75 Å². The van der Waals surface area contributed by atoms with E-state index in [4.69, 9.17) is 24.4 Å². The summed E-state index contributed by atoms with van der Waals surface area (Å²) in [5.41, 5.74) is 6.47. The molecule has 4 aromatic heterocycles. The number of hydrogen-bond donors (Lipinski definition) is 1. The van der Waals surface area contributed by atoms with Crippen molar-refractivity contribution in [3.05, 3.63) is 51.8 Å². The third-order valence-electron chi connectivity index (χ3n) is 8.49. The van der Waals surface area contributed by atoms with E-state index in [1.165, 1.54) is 16.8 Å². The molecule has 18 heteroatoms. The van der Waals surface area contributed by atoms with E-state index in [1.807, 2.05) is 0 Å². The van der Waals surface area contributed by atoms with Gasteiger partial charge in [-0.05, 0) is 32.9 Å². The van der Waals surface area contributed by atoms with Crippen LogP contribution in [0, 0.1) is 11.6 Å². The van der Waals surface area contributed by atoms with E-state index in [0.29, 0.717) is 80.0 Å². The number of nitrogens with zero attached hydrogens (tertiary/aromatic N) is 8. The van der Waals surface area contributed by atoms with Gasteiger partial charge in [0.2, 0.25) is 11.8 Å². The van der Waals surface area contributed by atoms with Gasteiger partial charge in [-0.25, -0.2) is 18.6 Å². The normalized spacial score (nSPS) is 17.6. The van der Waals surface area contributed by atoms with Crippen molar-refractivity contribution in [2.75, 3.05) is 69.7 Å². The number of nitrogen functional groups attached to an aromatic ring is 1. The van der Waals surface area contributed by atoms with Crippen molar-refractivity contribution in [2.24, 2.45) is 0 Å². The van der Waals surface area contributed by atoms with E-state index >= 15 is 4.39 Å². The highest BCUT2D eigenvalue weighted by Crippen LogP contribution is 2.30. The van der Waals surface area contributed by atoms with Gasteiger partial charge in [-0.3, -0.25) is 19.2 Å². The lowest BCUT2D eigenvalue weighted by Crippen LogP contribution is -2.52. The van der Waals surface area contributed by atoms with Crippen molar-refractivity contribution in [1.29, 1.82) is 0 Å². The molecule has 15 nitrogen and oxygen atoms in total. The average molecular weight is 714 g/mol. The third-order valence-corrected chi connectivity index (χ3v) is 9.46. The lowest BCUT2D eigenvalue weighted by Gasteiger charge is -2.37. The van der Waals surface area contributed by atoms with Gasteiger partial charge in [0.15, 0.2) is 28.7 Å². The molecule has 2 aliphatic heterocycles. The van der Waals surface area contributed by atoms with Gasteiger partial charge in [0, 0.05) is 57.9 Å². The van der Waals surface area contributed by atoms with Gasteiger partial charge >= 0.3 is 11.0 Å². The fourth-order valence-electron chi connectivity index (χ4n) is 6.00. The number of nitrogens with two attached hydrogens (primary N) is 1. The summed E-state index contributed by atoms with van der Waals surface area (Å²) < 4.78 is 55.8. The van der Waals surface area contributed by atoms with Crippen LogP contribution in [0.2, 0.25) is 0 Å². The minimum Gasteiger partial charge on any atom is -0.491 e. The van der Waals surface area contributed by atoms with Gasteiger partial charge in [-0.2, -0.15) is 9.50 Å². The minimum absolute atomic E-state index is 0.0163. The van der Waals surface area contributed by atoms with Gasteiger partial charge in [0.25, 0.3) is 0 Å². The number of furan rings is 1. The zero-order chi connectivity index (χ0) is 35.2. The standard InChI is InChI=1S/C32H37F2N9O6S/c1-32(2,3)49-30(44)41-12-14-46-17-19(41)18-48-20-15-21(33)24(34)22(16-20)40-9-6-39(7-10-40)8-11-42-27-25(50-31(42)45)28-36-26(23-5-4-13-47-23)38-43(28)29(35)37-27/h4-5,13,15-16,19H,6-12,14,17-18H2,1-3H3,(H2,35,37). The second-order valence-corrected chi connectivity index (χ2v) is 14.0. The van der Waals surface area contributed by atoms with Crippen LogP contribution in [0.25, 0.3) is 27.6 Å². The monoisotopic (exact) mass is 713 g/mol. The van der Waals surface area contributed by atoms with Gasteiger partial charge in [-0.1, -0.05) is 11.3 Å². The van der Waals surface area contributed by atoms with Crippen LogP contribution in [0.15, 0.2) is 39.7 Å². The molecule has 50 heavy (non-hydrogen) atoms. The van der Waals surface area contributed by atoms with Crippen molar-refractivity contribution < 1.29 is 32.2 Å². The quantitative estimate of drug-likeness (QED) is 0.250. The number of piperazine rings is 1. The molecule has 7 rings (SSSR count). The number of rotatable bonds is 8. The SMILES string of the molecule is CC(C)(C)OC(=O)N1CCOCC1COc1cc(F)c(F)c(N2CCN(CCn3c(=O)sc4c3nc(N)n3nc(-c5ccco5)nc43)CC2)c1. The molecule has 0 radical (unpaired) electrons. The summed E-state index contributed by atoms with van der Waals surface area (Å²) >= 11 is 1.02. The van der Waals surface area contributed by atoms with E-state index in [-0.39, 0.29) is 35.5 Å². The molecule has 2 fully saturated rings. The summed E-state index contributed by atoms with van der Waals surface area (Å²) in [7, 11) is 0. The number of anilines is 2. The molecule has 1 unspecified atom stereocenters. The van der Waals surface area contributed by atoms with Crippen LogP contribution >= 0.6 is 11.3 Å². The Morgan fingerprint density at radius 3 is 2.64 bits per heavy atom. The number of ether oxygens (including phenoxy) is 3. The molecule has 0 bridgehead atoms. The Labute approximate surface area is 288 Å². The van der Waals surface area contributed by atoms with Crippen LogP contribution in [0.3, 0.4) is 0 Å². The van der Waals surface area contributed by atoms with Gasteiger partial charge < -0.3 is 29.3 Å². The Morgan fingerprint density at radius 2 is 1.90 bits per heavy atom. The van der Waals surface area contributed by atoms with Crippen molar-refractivity contribution in [3.8, 4) is 17.3 Å². The molecule has 0 aliphatic carbocycles. The largest absolute Gasteiger partial charge is 0.491 e. The van der Waals surface area contributed by atoms with Crippen LogP contribution in [-0.4, -0.2) is 111 Å². The summed E-state index contributed by atoms with van der Waals surface area (Å²) in [6.07, 6.45) is 1.04. The fraction of sp³-hybridized carbons (Fsp3) is 0.469. The first-order valence-electron chi connectivity index (χ1n) is 16.2. The van der Waals surface area contributed by atoms with E-state index in [0.717, 1.165) is 17.4 Å². The summed E-state index contributed by atoms with van der Waals surface area (Å²) in [4.78, 5) is 40.1. The van der Waals surface area contributed by atoms with Crippen molar-refractivity contribution in [2.45, 2.75) is 39.0 Å². The lowest BCUT2D eigenvalue weighted by atomic mass is 10.2. The molecule has 2 saturated heterocycles. The Bertz CT molecular complexity index is 2070. The van der Waals surface area contributed by atoms with Gasteiger partial charge in [0.05, 0.1) is 31.2 Å². The number of morpholine rings is 1. The Balaban J connectivity index is 0.990. The maximum absolute atomic E-state index is 15.1. The van der Waals surface area contributed by atoms with E-state index < -0.39 is 29.4 Å². The fourth-order valence-corrected chi connectivity index (χ4v) is 6.93. The van der Waals surface area contributed by atoms with Crippen LogP contribution < -0.4 is 20.2 Å². The lowest BCUT2D eigenvalue weighted by molar-refractivity contribution is -0.0418. The van der Waals surface area contributed by atoms with E-state index in [9.17, 15) is 14.0 Å². The molecule has 6 heterocycles. The number of hydrogen-bond acceptors (Lipinski definition) is 13. The molecule has 0 spiro atoms. The summed E-state index contributed by atoms with van der Waals surface area (Å²) in [6.45, 7) is 9.10. The summed E-state index contributed by atoms with van der Waals surface area (Å²) in [5, 5.41) is 4.39. The number of fused-ring (bicyclic) bond motifs is 3. The highest BCUT2D eigenvalue weighted by Gasteiger charge is 2.32. The first-order chi connectivity index (χ1) is 23.9. The summed E-state index contributed by atoms with van der Waals surface area (Å²) in [6, 6.07) is 5.48. The number of halogens is 2. The second-order valence-electron chi connectivity index (χ2n) is 13.1.